The number of fused-ring (bicyclic) bond motifs is 1. The summed E-state index contributed by atoms with van der Waals surface area (Å²) in [6.07, 6.45) is 1.28. The molecular weight excluding hydrogens is 248 g/mol. The van der Waals surface area contributed by atoms with E-state index < -0.39 is 5.97 Å². The van der Waals surface area contributed by atoms with Crippen LogP contribution in [-0.4, -0.2) is 30.1 Å². The van der Waals surface area contributed by atoms with Gasteiger partial charge in [0.25, 0.3) is 0 Å². The first-order valence-electron chi connectivity index (χ1n) is 5.89. The van der Waals surface area contributed by atoms with Gasteiger partial charge in [0, 0.05) is 5.57 Å². The number of carbonyl (C=O) groups excluding carboxylic acids is 1. The fraction of sp³-hybridized carbons (Fsp3) is 0.286. The summed E-state index contributed by atoms with van der Waals surface area (Å²) in [6.45, 7) is 2.35. The fourth-order valence-electron chi connectivity index (χ4n) is 1.79. The molecule has 0 aliphatic carbocycles. The molecule has 0 radical (unpaired) electrons. The zero-order chi connectivity index (χ0) is 13.8. The number of carboxylic acids is 1. The summed E-state index contributed by atoms with van der Waals surface area (Å²) in [5.41, 5.74) is 0.972. The molecule has 1 aliphatic rings. The number of hydrogen-bond donors (Lipinski definition) is 1. The fourth-order valence-corrected chi connectivity index (χ4v) is 1.79. The molecule has 1 aliphatic heterocycles. The second-order valence-electron chi connectivity index (χ2n) is 4.20. The van der Waals surface area contributed by atoms with Crippen molar-refractivity contribution in [2.75, 3.05) is 13.2 Å². The van der Waals surface area contributed by atoms with E-state index in [0.29, 0.717) is 24.7 Å². The Morgan fingerprint density at radius 2 is 1.95 bits per heavy atom. The highest BCUT2D eigenvalue weighted by Crippen LogP contribution is 2.31. The van der Waals surface area contributed by atoms with Crippen LogP contribution in [0, 0.1) is 0 Å². The normalized spacial score (nSPS) is 14.1. The van der Waals surface area contributed by atoms with Gasteiger partial charge in [-0.05, 0) is 30.7 Å². The molecule has 0 aromatic heterocycles. The number of Topliss-reactive ketones (excluding diaryl/α,β-unsaturated/α-hetero) is 1. The molecule has 1 heterocycles. The molecular formula is C14H14O5. The lowest BCUT2D eigenvalue weighted by Gasteiger charge is -2.18. The molecule has 0 atom stereocenters. The first-order valence-corrected chi connectivity index (χ1v) is 5.89. The lowest BCUT2D eigenvalue weighted by atomic mass is 10.0. The predicted octanol–water partition coefficient (Wildman–Crippen LogP) is 1.90. The van der Waals surface area contributed by atoms with Gasteiger partial charge < -0.3 is 14.6 Å². The van der Waals surface area contributed by atoms with Crippen molar-refractivity contribution in [2.24, 2.45) is 0 Å². The van der Waals surface area contributed by atoms with Gasteiger partial charge in [-0.2, -0.15) is 0 Å². The Morgan fingerprint density at radius 1 is 1.26 bits per heavy atom. The second-order valence-corrected chi connectivity index (χ2v) is 4.20. The van der Waals surface area contributed by atoms with E-state index in [9.17, 15) is 9.59 Å². The van der Waals surface area contributed by atoms with Crippen molar-refractivity contribution in [3.63, 3.8) is 0 Å². The van der Waals surface area contributed by atoms with Gasteiger partial charge in [0.15, 0.2) is 17.3 Å². The number of hydrogen-bond acceptors (Lipinski definition) is 4. The highest BCUT2D eigenvalue weighted by molar-refractivity contribution is 6.01. The van der Waals surface area contributed by atoms with Crippen molar-refractivity contribution in [1.82, 2.24) is 0 Å². The molecule has 0 amide bonds. The molecule has 19 heavy (non-hydrogen) atoms. The van der Waals surface area contributed by atoms with Crippen LogP contribution in [0.5, 0.6) is 11.5 Å². The molecule has 0 unspecified atom stereocenters. The zero-order valence-corrected chi connectivity index (χ0v) is 10.5. The third kappa shape index (κ3) is 3.34. The zero-order valence-electron chi connectivity index (χ0n) is 10.5. The number of benzene rings is 1. The standard InChI is InChI=1S/C14H14O5/c1-9(15)11(8-14(16)17)6-10-2-3-12-13(7-10)19-5-4-18-12/h2-3,6-7H,4-5,8H2,1H3,(H,16,17)/b11-6+. The lowest BCUT2D eigenvalue weighted by molar-refractivity contribution is -0.136. The van der Waals surface area contributed by atoms with Crippen LogP contribution in [-0.2, 0) is 9.59 Å². The van der Waals surface area contributed by atoms with E-state index in [1.165, 1.54) is 6.92 Å². The Hall–Kier alpha value is -2.30. The Kier molecular flexibility index (Phi) is 3.85. The first-order chi connectivity index (χ1) is 9.06. The summed E-state index contributed by atoms with van der Waals surface area (Å²) in [5.74, 6) is -0.0134. The number of carbonyl (C=O) groups is 2. The average molecular weight is 262 g/mol. The summed E-state index contributed by atoms with van der Waals surface area (Å²) in [5, 5.41) is 8.77. The molecule has 5 nitrogen and oxygen atoms in total. The monoisotopic (exact) mass is 262 g/mol. The van der Waals surface area contributed by atoms with Gasteiger partial charge in [-0.25, -0.2) is 0 Å². The van der Waals surface area contributed by atoms with Crippen LogP contribution in [0.2, 0.25) is 0 Å². The van der Waals surface area contributed by atoms with Crippen molar-refractivity contribution in [3.05, 3.63) is 29.3 Å². The maximum absolute atomic E-state index is 11.4. The van der Waals surface area contributed by atoms with Crippen LogP contribution < -0.4 is 9.47 Å². The smallest absolute Gasteiger partial charge is 0.307 e. The molecule has 0 spiro atoms. The Labute approximate surface area is 110 Å². The predicted molar refractivity (Wildman–Crippen MR) is 68.3 cm³/mol. The van der Waals surface area contributed by atoms with Crippen LogP contribution in [0.15, 0.2) is 23.8 Å². The third-order valence-electron chi connectivity index (χ3n) is 2.70. The van der Waals surface area contributed by atoms with Crippen molar-refractivity contribution < 1.29 is 24.2 Å². The van der Waals surface area contributed by atoms with Crippen molar-refractivity contribution in [2.45, 2.75) is 13.3 Å². The molecule has 1 N–H and O–H groups in total. The van der Waals surface area contributed by atoms with Crippen molar-refractivity contribution >= 4 is 17.8 Å². The highest BCUT2D eigenvalue weighted by Gasteiger charge is 2.13. The minimum Gasteiger partial charge on any atom is -0.486 e. The average Bonchev–Trinajstić information content (AvgIpc) is 2.37. The molecule has 100 valence electrons. The van der Waals surface area contributed by atoms with Crippen molar-refractivity contribution in [1.29, 1.82) is 0 Å². The van der Waals surface area contributed by atoms with Gasteiger partial charge in [-0.1, -0.05) is 6.07 Å². The summed E-state index contributed by atoms with van der Waals surface area (Å²) in [7, 11) is 0. The minimum absolute atomic E-state index is 0.253. The van der Waals surface area contributed by atoms with E-state index in [-0.39, 0.29) is 17.8 Å². The maximum Gasteiger partial charge on any atom is 0.307 e. The van der Waals surface area contributed by atoms with Crippen LogP contribution in [0.3, 0.4) is 0 Å². The first kappa shape index (κ1) is 13.1. The Bertz CT molecular complexity index is 545. The van der Waals surface area contributed by atoms with Crippen LogP contribution in [0.1, 0.15) is 18.9 Å². The van der Waals surface area contributed by atoms with Gasteiger partial charge in [-0.3, -0.25) is 9.59 Å². The summed E-state index contributed by atoms with van der Waals surface area (Å²) in [6, 6.07) is 5.25. The van der Waals surface area contributed by atoms with Crippen molar-refractivity contribution in [3.8, 4) is 11.5 Å². The van der Waals surface area contributed by atoms with Crippen LogP contribution >= 0.6 is 0 Å². The molecule has 2 rings (SSSR count). The van der Waals surface area contributed by atoms with Gasteiger partial charge >= 0.3 is 5.97 Å². The van der Waals surface area contributed by atoms with Gasteiger partial charge in [0.05, 0.1) is 6.42 Å². The van der Waals surface area contributed by atoms with E-state index in [4.69, 9.17) is 14.6 Å². The summed E-state index contributed by atoms with van der Waals surface area (Å²) < 4.78 is 10.8. The molecule has 0 saturated carbocycles. The maximum atomic E-state index is 11.4. The van der Waals surface area contributed by atoms with Gasteiger partial charge in [0.2, 0.25) is 0 Å². The number of ether oxygens (including phenoxy) is 2. The SMILES string of the molecule is CC(=O)/C(=C/c1ccc2c(c1)OCCO2)CC(=O)O. The number of aliphatic carboxylic acids is 1. The Morgan fingerprint density at radius 3 is 2.58 bits per heavy atom. The molecule has 0 bridgehead atoms. The molecule has 1 aromatic rings. The van der Waals surface area contributed by atoms with Crippen LogP contribution in [0.4, 0.5) is 0 Å². The van der Waals surface area contributed by atoms with Gasteiger partial charge in [-0.15, -0.1) is 0 Å². The van der Waals surface area contributed by atoms with E-state index in [1.807, 2.05) is 0 Å². The third-order valence-corrected chi connectivity index (χ3v) is 2.70. The molecule has 1 aromatic carbocycles. The number of carboxylic acid groups (broad SMARTS) is 1. The highest BCUT2D eigenvalue weighted by atomic mass is 16.6. The van der Waals surface area contributed by atoms with E-state index in [0.717, 1.165) is 5.56 Å². The molecule has 5 heteroatoms. The summed E-state index contributed by atoms with van der Waals surface area (Å²) in [4.78, 5) is 22.1. The van der Waals surface area contributed by atoms with E-state index >= 15 is 0 Å². The minimum atomic E-state index is -1.03. The molecule has 0 saturated heterocycles. The molecule has 0 fully saturated rings. The van der Waals surface area contributed by atoms with Crippen LogP contribution in [0.25, 0.3) is 6.08 Å². The largest absolute Gasteiger partial charge is 0.486 e. The van der Waals surface area contributed by atoms with Gasteiger partial charge in [0.1, 0.15) is 13.2 Å². The van der Waals surface area contributed by atoms with E-state index in [2.05, 4.69) is 0 Å². The number of ketones is 1. The topological polar surface area (TPSA) is 72.8 Å². The quantitative estimate of drug-likeness (QED) is 0.839. The van der Waals surface area contributed by atoms with E-state index in [1.54, 1.807) is 24.3 Å². The summed E-state index contributed by atoms with van der Waals surface area (Å²) >= 11 is 0. The second kappa shape index (κ2) is 5.56. The lowest BCUT2D eigenvalue weighted by Crippen LogP contribution is -2.15. The Balaban J connectivity index is 2.29. The number of rotatable bonds is 4.